The number of rotatable bonds is 0. The van der Waals surface area contributed by atoms with Crippen LogP contribution in [0.3, 0.4) is 0 Å². The molecule has 0 spiro atoms. The molecule has 9 heavy (non-hydrogen) atoms. The fraction of sp³-hybridized carbons (Fsp3) is 0. The molecule has 0 radical (unpaired) electrons. The number of nitrogens with zero attached hydrogens (tertiary/aromatic N) is 1. The average molecular weight is 198 g/mol. The van der Waals surface area contributed by atoms with E-state index in [4.69, 9.17) is 11.6 Å². The molecule has 1 rings (SSSR count). The third kappa shape index (κ3) is 3.27. The first-order valence-corrected chi connectivity index (χ1v) is 3.15. The van der Waals surface area contributed by atoms with Gasteiger partial charge in [-0.2, -0.15) is 6.07 Å². The van der Waals surface area contributed by atoms with E-state index in [9.17, 15) is 0 Å². The van der Waals surface area contributed by atoms with Crippen LogP contribution in [0.25, 0.3) is 0 Å². The van der Waals surface area contributed by atoms with Crippen molar-refractivity contribution in [3.8, 4) is 0 Å². The maximum absolute atomic E-state index is 5.45. The van der Waals surface area contributed by atoms with Crippen molar-refractivity contribution in [3.05, 3.63) is 28.0 Å². The van der Waals surface area contributed by atoms with Crippen LogP contribution in [-0.2, 0) is 0 Å². The van der Waals surface area contributed by atoms with Crippen LogP contribution in [0, 0.1) is 6.07 Å². The Kier molecular flexibility index (Phi) is 4.60. The molecule has 0 fully saturated rings. The van der Waals surface area contributed by atoms with Crippen LogP contribution in [-0.4, -0.2) is 4.98 Å². The fourth-order valence-corrected chi connectivity index (χ4v) is 0.642. The molecule has 42 valence electrons. The van der Waals surface area contributed by atoms with E-state index in [0.29, 0.717) is 5.15 Å². The summed E-state index contributed by atoms with van der Waals surface area (Å²) >= 11 is 8.62. The normalized spacial score (nSPS) is 8.22. The molecule has 0 saturated carbocycles. The Balaban J connectivity index is 0.000000640. The van der Waals surface area contributed by atoms with Gasteiger partial charge < -0.3 is 4.98 Å². The first-order chi connectivity index (χ1) is 3.79. The van der Waals surface area contributed by atoms with E-state index in [1.807, 2.05) is 0 Å². The molecule has 4 heteroatoms. The van der Waals surface area contributed by atoms with Gasteiger partial charge in [0.05, 0.1) is 0 Å². The summed E-state index contributed by atoms with van der Waals surface area (Å²) in [5, 5.41) is 0.466. The van der Waals surface area contributed by atoms with Crippen molar-refractivity contribution in [2.24, 2.45) is 0 Å². The van der Waals surface area contributed by atoms with Crippen LogP contribution in [0.5, 0.6) is 0 Å². The molecule has 1 aromatic heterocycles. The van der Waals surface area contributed by atoms with E-state index in [1.54, 1.807) is 12.3 Å². The predicted octanol–water partition coefficient (Wildman–Crippen LogP) is -0.698. The predicted molar refractivity (Wildman–Crippen MR) is 35.8 cm³/mol. The quantitative estimate of drug-likeness (QED) is 0.305. The monoisotopic (exact) mass is 197 g/mol. The smallest absolute Gasteiger partial charge is 0.371 e. The Morgan fingerprint density at radius 2 is 2.33 bits per heavy atom. The van der Waals surface area contributed by atoms with Crippen LogP contribution in [0.1, 0.15) is 0 Å². The molecule has 1 nitrogen and oxygen atoms in total. The summed E-state index contributed by atoms with van der Waals surface area (Å²) in [5.41, 5.74) is 0. The topological polar surface area (TPSA) is 12.9 Å². The van der Waals surface area contributed by atoms with Crippen molar-refractivity contribution in [2.75, 3.05) is 0 Å². The van der Waals surface area contributed by atoms with E-state index in [2.05, 4.69) is 27.0 Å². The summed E-state index contributed by atoms with van der Waals surface area (Å²) in [5.74, 6) is 0. The standard InChI is InChI=1S/C5H2BrClN.Li/c6-4-1-2-5(7)8-3-4;/h2-3H;/q-1;+1. The van der Waals surface area contributed by atoms with Gasteiger partial charge in [-0.1, -0.05) is 26.6 Å². The molecule has 0 atom stereocenters. The molecule has 0 saturated heterocycles. The Morgan fingerprint density at radius 3 is 2.67 bits per heavy atom. The van der Waals surface area contributed by atoms with E-state index in [-0.39, 0.29) is 18.9 Å². The molecule has 0 aliphatic heterocycles. The second-order valence-electron chi connectivity index (χ2n) is 1.22. The van der Waals surface area contributed by atoms with Gasteiger partial charge in [0.1, 0.15) is 0 Å². The van der Waals surface area contributed by atoms with Crippen molar-refractivity contribution >= 4 is 27.5 Å². The minimum absolute atomic E-state index is 0. The van der Waals surface area contributed by atoms with E-state index in [0.717, 1.165) is 4.47 Å². The van der Waals surface area contributed by atoms with Crippen LogP contribution in [0.4, 0.5) is 0 Å². The molecule has 0 unspecified atom stereocenters. The van der Waals surface area contributed by atoms with Gasteiger partial charge in [0, 0.05) is 5.15 Å². The van der Waals surface area contributed by atoms with Crippen LogP contribution < -0.4 is 18.9 Å². The molecule has 0 aromatic carbocycles. The first-order valence-electron chi connectivity index (χ1n) is 1.98. The number of pyridine rings is 1. The zero-order chi connectivity index (χ0) is 5.98. The summed E-state index contributed by atoms with van der Waals surface area (Å²) in [6, 6.07) is 4.42. The molecule has 1 heterocycles. The van der Waals surface area contributed by atoms with Crippen molar-refractivity contribution < 1.29 is 18.9 Å². The summed E-state index contributed by atoms with van der Waals surface area (Å²) in [6.07, 6.45) is 1.60. The van der Waals surface area contributed by atoms with Crippen LogP contribution in [0.15, 0.2) is 16.7 Å². The summed E-state index contributed by atoms with van der Waals surface area (Å²) in [4.78, 5) is 3.77. The maximum Gasteiger partial charge on any atom is 1.00 e. The SMILES string of the molecule is Clc1c[c-]c(Br)cn1.[Li+]. The minimum atomic E-state index is 0. The van der Waals surface area contributed by atoms with Gasteiger partial charge in [-0.3, -0.25) is 0 Å². The van der Waals surface area contributed by atoms with Gasteiger partial charge in [-0.25, -0.2) is 0 Å². The number of halogens is 2. The van der Waals surface area contributed by atoms with E-state index in [1.165, 1.54) is 0 Å². The second kappa shape index (κ2) is 4.35. The van der Waals surface area contributed by atoms with Gasteiger partial charge in [-0.05, 0) is 0 Å². The van der Waals surface area contributed by atoms with Gasteiger partial charge in [0.25, 0.3) is 0 Å². The van der Waals surface area contributed by atoms with Crippen LogP contribution in [0.2, 0.25) is 5.15 Å². The van der Waals surface area contributed by atoms with Crippen molar-refractivity contribution in [1.29, 1.82) is 0 Å². The van der Waals surface area contributed by atoms with Crippen molar-refractivity contribution in [3.63, 3.8) is 0 Å². The number of hydrogen-bond acceptors (Lipinski definition) is 1. The van der Waals surface area contributed by atoms with E-state index < -0.39 is 0 Å². The summed E-state index contributed by atoms with van der Waals surface area (Å²) in [6.45, 7) is 0. The Bertz CT molecular complexity index is 156. The third-order valence-corrected chi connectivity index (χ3v) is 1.27. The fourth-order valence-electron chi connectivity index (χ4n) is 0.321. The van der Waals surface area contributed by atoms with Crippen molar-refractivity contribution in [1.82, 2.24) is 4.98 Å². The molecule has 1 aromatic rings. The molecule has 0 bridgehead atoms. The molecule has 0 aliphatic carbocycles. The van der Waals surface area contributed by atoms with Gasteiger partial charge in [-0.15, -0.1) is 17.7 Å². The molecule has 0 aliphatic rings. The molecular formula is C5H2BrClLiN. The van der Waals surface area contributed by atoms with Crippen molar-refractivity contribution in [2.45, 2.75) is 0 Å². The zero-order valence-corrected chi connectivity index (χ0v) is 7.20. The van der Waals surface area contributed by atoms with Gasteiger partial charge >= 0.3 is 18.9 Å². The Hall–Kier alpha value is 0.517. The third-order valence-electron chi connectivity index (χ3n) is 0.630. The summed E-state index contributed by atoms with van der Waals surface area (Å²) < 4.78 is 0.821. The molecule has 0 amide bonds. The summed E-state index contributed by atoms with van der Waals surface area (Å²) in [7, 11) is 0. The number of aromatic nitrogens is 1. The second-order valence-corrected chi connectivity index (χ2v) is 2.46. The van der Waals surface area contributed by atoms with Gasteiger partial charge in [0.2, 0.25) is 0 Å². The maximum atomic E-state index is 5.45. The Labute approximate surface area is 79.1 Å². The zero-order valence-electron chi connectivity index (χ0n) is 4.86. The van der Waals surface area contributed by atoms with E-state index >= 15 is 0 Å². The largest absolute Gasteiger partial charge is 1.00 e. The minimum Gasteiger partial charge on any atom is -0.371 e. The number of hydrogen-bond donors (Lipinski definition) is 0. The van der Waals surface area contributed by atoms with Gasteiger partial charge in [0.15, 0.2) is 0 Å². The first kappa shape index (κ1) is 9.52. The molecule has 0 N–H and O–H groups in total. The van der Waals surface area contributed by atoms with Crippen LogP contribution >= 0.6 is 27.5 Å². The molecular weight excluding hydrogens is 196 g/mol. The Morgan fingerprint density at radius 1 is 1.67 bits per heavy atom. The average Bonchev–Trinajstić information content (AvgIpc) is 1.77.